The van der Waals surface area contributed by atoms with Crippen molar-refractivity contribution in [3.05, 3.63) is 83.9 Å². The standard InChI is InChI=1S/C24H19ClN6O2S/c1-3-13-31-22(17-9-11-18(25)12-10-17)27-29-24(31)34-14-19-26-28-23(32-19)20-15(2)33-30-21(20)16-7-5-4-6-8-16/h3-12H,1,13-14H2,2H3. The Morgan fingerprint density at radius 1 is 1.00 bits per heavy atom. The van der Waals surface area contributed by atoms with Crippen molar-refractivity contribution in [1.82, 2.24) is 30.1 Å². The van der Waals surface area contributed by atoms with Gasteiger partial charge in [0.1, 0.15) is 17.0 Å². The smallest absolute Gasteiger partial charge is 0.253 e. The summed E-state index contributed by atoms with van der Waals surface area (Å²) < 4.78 is 13.4. The highest BCUT2D eigenvalue weighted by atomic mass is 35.5. The van der Waals surface area contributed by atoms with Crippen LogP contribution in [0, 0.1) is 6.92 Å². The normalized spacial score (nSPS) is 11.1. The van der Waals surface area contributed by atoms with Gasteiger partial charge in [0.25, 0.3) is 5.89 Å². The van der Waals surface area contributed by atoms with E-state index in [1.54, 1.807) is 6.08 Å². The molecule has 0 aliphatic heterocycles. The molecule has 0 spiro atoms. The molecule has 8 nitrogen and oxygen atoms in total. The zero-order chi connectivity index (χ0) is 23.5. The fourth-order valence-corrected chi connectivity index (χ4v) is 4.37. The maximum absolute atomic E-state index is 6.02. The summed E-state index contributed by atoms with van der Waals surface area (Å²) in [4.78, 5) is 0. The monoisotopic (exact) mass is 490 g/mol. The van der Waals surface area contributed by atoms with Crippen molar-refractivity contribution >= 4 is 23.4 Å². The number of hydrogen-bond donors (Lipinski definition) is 0. The lowest BCUT2D eigenvalue weighted by atomic mass is 10.1. The third-order valence-corrected chi connectivity index (χ3v) is 6.25. The summed E-state index contributed by atoms with van der Waals surface area (Å²) in [6, 6.07) is 17.2. The van der Waals surface area contributed by atoms with Crippen LogP contribution in [0.2, 0.25) is 5.02 Å². The number of hydrogen-bond acceptors (Lipinski definition) is 8. The van der Waals surface area contributed by atoms with Crippen LogP contribution in [0.1, 0.15) is 11.7 Å². The van der Waals surface area contributed by atoms with Gasteiger partial charge in [-0.1, -0.05) is 64.9 Å². The number of rotatable bonds is 8. The Hall–Kier alpha value is -3.69. The number of benzene rings is 2. The predicted octanol–water partition coefficient (Wildman–Crippen LogP) is 6.09. The molecule has 0 aliphatic carbocycles. The molecule has 10 heteroatoms. The number of nitrogens with zero attached hydrogens (tertiary/aromatic N) is 6. The van der Waals surface area contributed by atoms with Gasteiger partial charge in [0, 0.05) is 22.7 Å². The van der Waals surface area contributed by atoms with E-state index in [-0.39, 0.29) is 0 Å². The second-order valence-corrected chi connectivity index (χ2v) is 8.71. The van der Waals surface area contributed by atoms with Gasteiger partial charge in [-0.2, -0.15) is 0 Å². The Morgan fingerprint density at radius 3 is 2.56 bits per heavy atom. The number of halogens is 1. The van der Waals surface area contributed by atoms with Crippen molar-refractivity contribution in [3.63, 3.8) is 0 Å². The van der Waals surface area contributed by atoms with E-state index >= 15 is 0 Å². The van der Waals surface area contributed by atoms with Crippen LogP contribution in [0.25, 0.3) is 34.1 Å². The molecule has 170 valence electrons. The van der Waals surface area contributed by atoms with E-state index in [1.807, 2.05) is 66.1 Å². The molecule has 0 radical (unpaired) electrons. The number of aryl methyl sites for hydroxylation is 1. The number of aromatic nitrogens is 6. The van der Waals surface area contributed by atoms with Gasteiger partial charge in [0.15, 0.2) is 11.0 Å². The van der Waals surface area contributed by atoms with E-state index in [0.717, 1.165) is 22.1 Å². The second-order valence-electron chi connectivity index (χ2n) is 7.33. The maximum Gasteiger partial charge on any atom is 0.253 e. The summed E-state index contributed by atoms with van der Waals surface area (Å²) in [6.07, 6.45) is 1.80. The first-order valence-electron chi connectivity index (χ1n) is 10.4. The summed E-state index contributed by atoms with van der Waals surface area (Å²) in [6.45, 7) is 6.24. The highest BCUT2D eigenvalue weighted by Gasteiger charge is 2.22. The van der Waals surface area contributed by atoms with Gasteiger partial charge in [-0.05, 0) is 31.2 Å². The van der Waals surface area contributed by atoms with E-state index in [2.05, 4.69) is 32.1 Å². The quantitative estimate of drug-likeness (QED) is 0.190. The fraction of sp³-hybridized carbons (Fsp3) is 0.125. The lowest BCUT2D eigenvalue weighted by molar-refractivity contribution is 0.399. The minimum Gasteiger partial charge on any atom is -0.420 e. The summed E-state index contributed by atoms with van der Waals surface area (Å²) in [5.74, 6) is 2.59. The van der Waals surface area contributed by atoms with Crippen LogP contribution >= 0.6 is 23.4 Å². The SMILES string of the molecule is C=CCn1c(SCc2nnc(-c3c(-c4ccccc4)noc3C)o2)nnc1-c1ccc(Cl)cc1. The van der Waals surface area contributed by atoms with Crippen LogP contribution < -0.4 is 0 Å². The lowest BCUT2D eigenvalue weighted by Gasteiger charge is -2.07. The zero-order valence-electron chi connectivity index (χ0n) is 18.2. The van der Waals surface area contributed by atoms with Gasteiger partial charge < -0.3 is 8.94 Å². The molecule has 0 unspecified atom stereocenters. The first kappa shape index (κ1) is 22.1. The number of thioether (sulfide) groups is 1. The topological polar surface area (TPSA) is 95.7 Å². The largest absolute Gasteiger partial charge is 0.420 e. The second kappa shape index (κ2) is 9.66. The van der Waals surface area contributed by atoms with Gasteiger partial charge in [-0.15, -0.1) is 27.0 Å². The third-order valence-electron chi connectivity index (χ3n) is 5.05. The van der Waals surface area contributed by atoms with Gasteiger partial charge in [0.05, 0.1) is 5.75 Å². The molecule has 0 atom stereocenters. The van der Waals surface area contributed by atoms with Gasteiger partial charge >= 0.3 is 0 Å². The molecule has 5 aromatic rings. The molecule has 0 saturated heterocycles. The highest BCUT2D eigenvalue weighted by Crippen LogP contribution is 2.34. The van der Waals surface area contributed by atoms with Crippen molar-refractivity contribution < 1.29 is 8.94 Å². The summed E-state index contributed by atoms with van der Waals surface area (Å²) in [5.41, 5.74) is 3.19. The van der Waals surface area contributed by atoms with Crippen LogP contribution in [0.15, 0.2) is 81.3 Å². The average Bonchev–Trinajstić information content (AvgIpc) is 3.58. The minimum atomic E-state index is 0.364. The van der Waals surface area contributed by atoms with Crippen LogP contribution in [-0.2, 0) is 12.3 Å². The van der Waals surface area contributed by atoms with Crippen molar-refractivity contribution in [3.8, 4) is 34.1 Å². The Bertz CT molecular complexity index is 1430. The molecule has 0 saturated carbocycles. The zero-order valence-corrected chi connectivity index (χ0v) is 19.8. The minimum absolute atomic E-state index is 0.364. The van der Waals surface area contributed by atoms with Gasteiger partial charge in [0.2, 0.25) is 5.89 Å². The van der Waals surface area contributed by atoms with E-state index < -0.39 is 0 Å². The van der Waals surface area contributed by atoms with Crippen LogP contribution in [0.5, 0.6) is 0 Å². The molecule has 2 aromatic carbocycles. The van der Waals surface area contributed by atoms with Crippen molar-refractivity contribution in [1.29, 1.82) is 0 Å². The maximum atomic E-state index is 6.02. The van der Waals surface area contributed by atoms with Crippen LogP contribution in [-0.4, -0.2) is 30.1 Å². The summed E-state index contributed by atoms with van der Waals surface area (Å²) in [7, 11) is 0. The molecule has 3 aromatic heterocycles. The average molecular weight is 491 g/mol. The molecular weight excluding hydrogens is 472 g/mol. The molecular formula is C24H19ClN6O2S. The molecule has 34 heavy (non-hydrogen) atoms. The molecule has 0 fully saturated rings. The molecule has 0 amide bonds. The fourth-order valence-electron chi connectivity index (χ4n) is 3.46. The Morgan fingerprint density at radius 2 is 1.79 bits per heavy atom. The van der Waals surface area contributed by atoms with Crippen molar-refractivity contribution in [2.45, 2.75) is 24.4 Å². The Kier molecular flexibility index (Phi) is 6.29. The lowest BCUT2D eigenvalue weighted by Crippen LogP contribution is -2.00. The van der Waals surface area contributed by atoms with Gasteiger partial charge in [-0.3, -0.25) is 4.57 Å². The Balaban J connectivity index is 1.38. The third kappa shape index (κ3) is 4.40. The molecule has 0 bridgehead atoms. The van der Waals surface area contributed by atoms with E-state index in [9.17, 15) is 0 Å². The molecule has 3 heterocycles. The van der Waals surface area contributed by atoms with E-state index in [4.69, 9.17) is 20.5 Å². The van der Waals surface area contributed by atoms with Gasteiger partial charge in [-0.25, -0.2) is 0 Å². The molecule has 5 rings (SSSR count). The molecule has 0 aliphatic rings. The first-order chi connectivity index (χ1) is 16.6. The van der Waals surface area contributed by atoms with Crippen LogP contribution in [0.3, 0.4) is 0 Å². The van der Waals surface area contributed by atoms with E-state index in [0.29, 0.717) is 46.1 Å². The predicted molar refractivity (Wildman–Crippen MR) is 130 cm³/mol. The van der Waals surface area contributed by atoms with Crippen LogP contribution in [0.4, 0.5) is 0 Å². The Labute approximate surface area is 204 Å². The number of allylic oxidation sites excluding steroid dienone is 1. The molecule has 0 N–H and O–H groups in total. The summed E-state index contributed by atoms with van der Waals surface area (Å²) in [5, 5.41) is 22.7. The first-order valence-corrected chi connectivity index (χ1v) is 11.8. The van der Waals surface area contributed by atoms with E-state index in [1.165, 1.54) is 11.8 Å². The van der Waals surface area contributed by atoms with Crippen molar-refractivity contribution in [2.24, 2.45) is 0 Å². The summed E-state index contributed by atoms with van der Waals surface area (Å²) >= 11 is 7.47. The van der Waals surface area contributed by atoms with Crippen molar-refractivity contribution in [2.75, 3.05) is 0 Å². The highest BCUT2D eigenvalue weighted by molar-refractivity contribution is 7.98.